The van der Waals surface area contributed by atoms with Crippen LogP contribution < -0.4 is 15.4 Å². The number of carbonyl (C=O) groups is 2. The number of hydrogen-bond donors (Lipinski definition) is 2. The number of nitrogens with one attached hydrogen (secondary N) is 2. The molecule has 2 aromatic rings. The molecule has 28 heavy (non-hydrogen) atoms. The van der Waals surface area contributed by atoms with E-state index in [0.29, 0.717) is 23.0 Å². The van der Waals surface area contributed by atoms with E-state index in [1.54, 1.807) is 36.4 Å². The molecule has 6 heteroatoms. The lowest BCUT2D eigenvalue weighted by Gasteiger charge is -2.16. The highest BCUT2D eigenvalue weighted by Gasteiger charge is 2.29. The molecule has 0 spiro atoms. The molecule has 2 aliphatic rings. The standard InChI is InChI=1S/C22H19ClN2O3/c23-17-7-8-20-16(11-17)10-14(13-28-20)4-9-21(26)24-18-2-1-3-19(12-18)25-22(27)15-5-6-15/h1-4,7-12,15H,5-6,13H2,(H,24,26)(H,25,27)/b9-4+. The van der Waals surface area contributed by atoms with E-state index in [0.717, 1.165) is 29.7 Å². The minimum Gasteiger partial charge on any atom is -0.488 e. The Bertz CT molecular complexity index is 993. The summed E-state index contributed by atoms with van der Waals surface area (Å²) in [5.41, 5.74) is 3.05. The molecular formula is C22H19ClN2O3. The number of rotatable bonds is 5. The number of anilines is 2. The first kappa shape index (κ1) is 18.3. The highest BCUT2D eigenvalue weighted by molar-refractivity contribution is 6.30. The van der Waals surface area contributed by atoms with Gasteiger partial charge in [-0.25, -0.2) is 0 Å². The lowest BCUT2D eigenvalue weighted by Crippen LogP contribution is -2.14. The first-order valence-electron chi connectivity index (χ1n) is 9.10. The number of benzene rings is 2. The average Bonchev–Trinajstić information content (AvgIpc) is 3.51. The molecule has 4 rings (SSSR count). The first-order valence-corrected chi connectivity index (χ1v) is 9.47. The summed E-state index contributed by atoms with van der Waals surface area (Å²) < 4.78 is 5.67. The third-order valence-electron chi connectivity index (χ3n) is 4.50. The van der Waals surface area contributed by atoms with Crippen molar-refractivity contribution in [3.63, 3.8) is 0 Å². The van der Waals surface area contributed by atoms with E-state index in [1.807, 2.05) is 18.2 Å². The lowest BCUT2D eigenvalue weighted by atomic mass is 10.1. The zero-order valence-corrected chi connectivity index (χ0v) is 15.8. The number of halogens is 1. The molecule has 5 nitrogen and oxygen atoms in total. The van der Waals surface area contributed by atoms with Crippen molar-refractivity contribution in [1.82, 2.24) is 0 Å². The van der Waals surface area contributed by atoms with Crippen molar-refractivity contribution >= 4 is 40.9 Å². The topological polar surface area (TPSA) is 67.4 Å². The summed E-state index contributed by atoms with van der Waals surface area (Å²) in [5, 5.41) is 6.31. The van der Waals surface area contributed by atoms with Crippen LogP contribution in [0.2, 0.25) is 5.02 Å². The third kappa shape index (κ3) is 4.61. The van der Waals surface area contributed by atoms with Crippen molar-refractivity contribution in [1.29, 1.82) is 0 Å². The van der Waals surface area contributed by atoms with Gasteiger partial charge in [-0.1, -0.05) is 23.7 Å². The molecule has 0 bridgehead atoms. The van der Waals surface area contributed by atoms with Gasteiger partial charge in [0.1, 0.15) is 12.4 Å². The van der Waals surface area contributed by atoms with Crippen LogP contribution in [0, 0.1) is 5.92 Å². The summed E-state index contributed by atoms with van der Waals surface area (Å²) in [4.78, 5) is 24.1. The fourth-order valence-electron chi connectivity index (χ4n) is 2.89. The SMILES string of the molecule is O=C(/C=C/C1=Cc2cc(Cl)ccc2OC1)Nc1cccc(NC(=O)C2CC2)c1. The molecule has 0 unspecified atom stereocenters. The zero-order valence-electron chi connectivity index (χ0n) is 15.1. The molecule has 0 atom stereocenters. The Morgan fingerprint density at radius 3 is 2.64 bits per heavy atom. The maximum atomic E-state index is 12.2. The van der Waals surface area contributed by atoms with Crippen LogP contribution in [0.4, 0.5) is 11.4 Å². The van der Waals surface area contributed by atoms with E-state index in [1.165, 1.54) is 6.08 Å². The second-order valence-corrected chi connectivity index (χ2v) is 7.29. The quantitative estimate of drug-likeness (QED) is 0.725. The van der Waals surface area contributed by atoms with Gasteiger partial charge in [0.25, 0.3) is 0 Å². The summed E-state index contributed by atoms with van der Waals surface area (Å²) in [6, 6.07) is 12.6. The number of hydrogen-bond acceptors (Lipinski definition) is 3. The van der Waals surface area contributed by atoms with Crippen LogP contribution >= 0.6 is 11.6 Å². The first-order chi connectivity index (χ1) is 13.6. The molecule has 0 radical (unpaired) electrons. The van der Waals surface area contributed by atoms with Crippen molar-refractivity contribution in [2.75, 3.05) is 17.2 Å². The van der Waals surface area contributed by atoms with Gasteiger partial charge in [-0.2, -0.15) is 0 Å². The van der Waals surface area contributed by atoms with Gasteiger partial charge in [0.2, 0.25) is 11.8 Å². The fraction of sp³-hybridized carbons (Fsp3) is 0.182. The summed E-state index contributed by atoms with van der Waals surface area (Å²) in [6.07, 6.45) is 7.02. The van der Waals surface area contributed by atoms with Crippen molar-refractivity contribution in [3.8, 4) is 5.75 Å². The maximum absolute atomic E-state index is 12.2. The highest BCUT2D eigenvalue weighted by atomic mass is 35.5. The van der Waals surface area contributed by atoms with E-state index < -0.39 is 0 Å². The lowest BCUT2D eigenvalue weighted by molar-refractivity contribution is -0.117. The summed E-state index contributed by atoms with van der Waals surface area (Å²) in [7, 11) is 0. The predicted molar refractivity (Wildman–Crippen MR) is 110 cm³/mol. The van der Waals surface area contributed by atoms with Crippen LogP contribution in [0.25, 0.3) is 6.08 Å². The van der Waals surface area contributed by atoms with E-state index in [9.17, 15) is 9.59 Å². The van der Waals surface area contributed by atoms with Gasteiger partial charge in [-0.05, 0) is 60.9 Å². The monoisotopic (exact) mass is 394 g/mol. The van der Waals surface area contributed by atoms with Crippen LogP contribution in [0.15, 0.2) is 60.2 Å². The molecule has 1 saturated carbocycles. The molecule has 2 amide bonds. The molecule has 0 saturated heterocycles. The van der Waals surface area contributed by atoms with Gasteiger partial charge in [0, 0.05) is 34.0 Å². The predicted octanol–water partition coefficient (Wildman–Crippen LogP) is 4.66. The Hall–Kier alpha value is -3.05. The second kappa shape index (κ2) is 7.90. The van der Waals surface area contributed by atoms with Gasteiger partial charge in [-0.3, -0.25) is 9.59 Å². The van der Waals surface area contributed by atoms with Gasteiger partial charge < -0.3 is 15.4 Å². The number of amides is 2. The van der Waals surface area contributed by atoms with Crippen molar-refractivity contribution < 1.29 is 14.3 Å². The fourth-order valence-corrected chi connectivity index (χ4v) is 3.07. The zero-order chi connectivity index (χ0) is 19.5. The summed E-state index contributed by atoms with van der Waals surface area (Å²) >= 11 is 6.01. The molecule has 2 N–H and O–H groups in total. The molecule has 142 valence electrons. The summed E-state index contributed by atoms with van der Waals surface area (Å²) in [5.74, 6) is 0.680. The van der Waals surface area contributed by atoms with E-state index >= 15 is 0 Å². The van der Waals surface area contributed by atoms with Crippen LogP contribution in [0.1, 0.15) is 18.4 Å². The average molecular weight is 395 g/mol. The normalized spacial score (nSPS) is 15.4. The van der Waals surface area contributed by atoms with Crippen molar-refractivity contribution in [2.24, 2.45) is 5.92 Å². The molecule has 1 aliphatic carbocycles. The minimum absolute atomic E-state index is 0.0352. The highest BCUT2D eigenvalue weighted by Crippen LogP contribution is 2.31. The van der Waals surface area contributed by atoms with Gasteiger partial charge in [-0.15, -0.1) is 0 Å². The van der Waals surface area contributed by atoms with E-state index in [-0.39, 0.29) is 17.7 Å². The molecular weight excluding hydrogens is 376 g/mol. The van der Waals surface area contributed by atoms with Gasteiger partial charge in [0.15, 0.2) is 0 Å². The molecule has 1 heterocycles. The molecule has 1 aliphatic heterocycles. The van der Waals surface area contributed by atoms with E-state index in [2.05, 4.69) is 10.6 Å². The number of carbonyl (C=O) groups excluding carboxylic acids is 2. The smallest absolute Gasteiger partial charge is 0.248 e. The van der Waals surface area contributed by atoms with Gasteiger partial charge in [0.05, 0.1) is 0 Å². The Labute approximate surface area is 168 Å². The summed E-state index contributed by atoms with van der Waals surface area (Å²) in [6.45, 7) is 0.390. The second-order valence-electron chi connectivity index (χ2n) is 6.86. The molecule has 2 aromatic carbocycles. The van der Waals surface area contributed by atoms with Crippen LogP contribution in [-0.4, -0.2) is 18.4 Å². The van der Waals surface area contributed by atoms with Crippen LogP contribution in [0.3, 0.4) is 0 Å². The molecule has 0 aromatic heterocycles. The van der Waals surface area contributed by atoms with Crippen molar-refractivity contribution in [2.45, 2.75) is 12.8 Å². The van der Waals surface area contributed by atoms with Gasteiger partial charge >= 0.3 is 0 Å². The Kier molecular flexibility index (Phi) is 5.17. The number of fused-ring (bicyclic) bond motifs is 1. The number of ether oxygens (including phenoxy) is 1. The Morgan fingerprint density at radius 1 is 1.07 bits per heavy atom. The van der Waals surface area contributed by atoms with Crippen LogP contribution in [-0.2, 0) is 9.59 Å². The Morgan fingerprint density at radius 2 is 1.86 bits per heavy atom. The third-order valence-corrected chi connectivity index (χ3v) is 4.74. The Balaban J connectivity index is 1.38. The largest absolute Gasteiger partial charge is 0.488 e. The van der Waals surface area contributed by atoms with Crippen molar-refractivity contribution in [3.05, 3.63) is 70.8 Å². The van der Waals surface area contributed by atoms with E-state index in [4.69, 9.17) is 16.3 Å². The molecule has 1 fully saturated rings. The van der Waals surface area contributed by atoms with Crippen LogP contribution in [0.5, 0.6) is 5.75 Å². The maximum Gasteiger partial charge on any atom is 0.248 e. The minimum atomic E-state index is -0.261.